The van der Waals surface area contributed by atoms with Crippen LogP contribution in [0.4, 0.5) is 16.3 Å². The lowest BCUT2D eigenvalue weighted by molar-refractivity contribution is -0.120. The summed E-state index contributed by atoms with van der Waals surface area (Å²) in [6.07, 6.45) is 0.251. The molecule has 0 bridgehead atoms. The first-order valence-corrected chi connectivity index (χ1v) is 11.7. The largest absolute Gasteiger partial charge is 0.354 e. The number of amides is 4. The normalized spacial score (nSPS) is 14.5. The number of carbonyl (C=O) groups is 3. The van der Waals surface area contributed by atoms with Gasteiger partial charge >= 0.3 is 6.03 Å². The first-order valence-electron chi connectivity index (χ1n) is 10.9. The number of thiazole rings is 1. The van der Waals surface area contributed by atoms with Crippen molar-refractivity contribution in [1.29, 1.82) is 0 Å². The van der Waals surface area contributed by atoms with Crippen LogP contribution in [0.3, 0.4) is 0 Å². The van der Waals surface area contributed by atoms with E-state index in [9.17, 15) is 14.4 Å². The zero-order chi connectivity index (χ0) is 23.6. The van der Waals surface area contributed by atoms with Crippen molar-refractivity contribution in [2.24, 2.45) is 0 Å². The molecule has 9 heteroatoms. The molecule has 4 amide bonds. The SMILES string of the molecule is CC(C)(C)c1nc(NC(=O)Nc2cccc3ccccc23)c(C(=O)N2CCNC(=O)CC2)s1. The van der Waals surface area contributed by atoms with Crippen LogP contribution in [0, 0.1) is 0 Å². The molecule has 1 saturated heterocycles. The predicted molar refractivity (Wildman–Crippen MR) is 131 cm³/mol. The molecule has 33 heavy (non-hydrogen) atoms. The minimum Gasteiger partial charge on any atom is -0.354 e. The Morgan fingerprint density at radius 2 is 1.82 bits per heavy atom. The molecule has 1 aliphatic heterocycles. The van der Waals surface area contributed by atoms with Crippen LogP contribution in [0.25, 0.3) is 10.8 Å². The van der Waals surface area contributed by atoms with Crippen LogP contribution < -0.4 is 16.0 Å². The van der Waals surface area contributed by atoms with Crippen LogP contribution in [0.1, 0.15) is 41.9 Å². The van der Waals surface area contributed by atoms with Crippen LogP contribution in [-0.4, -0.2) is 47.4 Å². The Morgan fingerprint density at radius 3 is 2.61 bits per heavy atom. The second-order valence-corrected chi connectivity index (χ2v) is 9.94. The molecule has 0 aliphatic carbocycles. The quantitative estimate of drug-likeness (QED) is 0.539. The van der Waals surface area contributed by atoms with E-state index in [1.165, 1.54) is 11.3 Å². The van der Waals surface area contributed by atoms with E-state index in [4.69, 9.17) is 0 Å². The van der Waals surface area contributed by atoms with Gasteiger partial charge in [0, 0.05) is 36.9 Å². The van der Waals surface area contributed by atoms with Gasteiger partial charge in [0.2, 0.25) is 5.91 Å². The molecule has 0 atom stereocenters. The number of aromatic nitrogens is 1. The van der Waals surface area contributed by atoms with Crippen molar-refractivity contribution in [1.82, 2.24) is 15.2 Å². The van der Waals surface area contributed by atoms with Crippen molar-refractivity contribution < 1.29 is 14.4 Å². The number of nitrogens with zero attached hydrogens (tertiary/aromatic N) is 2. The van der Waals surface area contributed by atoms with Crippen LogP contribution in [0.5, 0.6) is 0 Å². The highest BCUT2D eigenvalue weighted by atomic mass is 32.1. The summed E-state index contributed by atoms with van der Waals surface area (Å²) in [6, 6.07) is 13.0. The summed E-state index contributed by atoms with van der Waals surface area (Å²) >= 11 is 1.28. The zero-order valence-corrected chi connectivity index (χ0v) is 19.7. The van der Waals surface area contributed by atoms with Crippen molar-refractivity contribution >= 4 is 51.5 Å². The van der Waals surface area contributed by atoms with E-state index >= 15 is 0 Å². The van der Waals surface area contributed by atoms with E-state index < -0.39 is 6.03 Å². The smallest absolute Gasteiger partial charge is 0.324 e. The minimum absolute atomic E-state index is 0.0715. The van der Waals surface area contributed by atoms with E-state index in [0.29, 0.717) is 30.2 Å². The number of fused-ring (bicyclic) bond motifs is 1. The van der Waals surface area contributed by atoms with Crippen LogP contribution >= 0.6 is 11.3 Å². The number of hydrogen-bond donors (Lipinski definition) is 3. The maximum Gasteiger partial charge on any atom is 0.324 e. The van der Waals surface area contributed by atoms with Gasteiger partial charge in [0.1, 0.15) is 9.88 Å². The van der Waals surface area contributed by atoms with Gasteiger partial charge < -0.3 is 15.5 Å². The van der Waals surface area contributed by atoms with Gasteiger partial charge in [-0.05, 0) is 11.5 Å². The van der Waals surface area contributed by atoms with Gasteiger partial charge in [-0.3, -0.25) is 14.9 Å². The maximum absolute atomic E-state index is 13.3. The summed E-state index contributed by atoms with van der Waals surface area (Å²) in [6.45, 7) is 7.17. The minimum atomic E-state index is -0.473. The van der Waals surface area contributed by atoms with E-state index in [1.54, 1.807) is 4.90 Å². The highest BCUT2D eigenvalue weighted by Crippen LogP contribution is 2.33. The molecule has 1 aromatic heterocycles. The molecule has 0 spiro atoms. The lowest BCUT2D eigenvalue weighted by Crippen LogP contribution is -2.34. The zero-order valence-electron chi connectivity index (χ0n) is 18.9. The molecule has 0 radical (unpaired) electrons. The highest BCUT2D eigenvalue weighted by Gasteiger charge is 2.29. The van der Waals surface area contributed by atoms with Gasteiger partial charge in [-0.2, -0.15) is 0 Å². The third-order valence-corrected chi connectivity index (χ3v) is 6.80. The molecule has 1 aliphatic rings. The topological polar surface area (TPSA) is 103 Å². The fourth-order valence-corrected chi connectivity index (χ4v) is 4.63. The average molecular weight is 466 g/mol. The Kier molecular flexibility index (Phi) is 6.33. The van der Waals surface area contributed by atoms with Crippen molar-refractivity contribution in [2.75, 3.05) is 30.3 Å². The Hall–Kier alpha value is -3.46. The molecular formula is C24H27N5O3S. The molecule has 0 unspecified atom stereocenters. The van der Waals surface area contributed by atoms with Gasteiger partial charge in [0.05, 0.1) is 5.69 Å². The van der Waals surface area contributed by atoms with Gasteiger partial charge in [0.15, 0.2) is 5.82 Å². The molecule has 8 nitrogen and oxygen atoms in total. The third-order valence-electron chi connectivity index (χ3n) is 5.33. The Balaban J connectivity index is 1.59. The Morgan fingerprint density at radius 1 is 1.06 bits per heavy atom. The Labute approximate surface area is 196 Å². The lowest BCUT2D eigenvalue weighted by atomic mass is 9.98. The summed E-state index contributed by atoms with van der Waals surface area (Å²) in [7, 11) is 0. The molecule has 2 aromatic carbocycles. The molecule has 4 rings (SSSR count). The van der Waals surface area contributed by atoms with Crippen molar-refractivity contribution in [3.05, 3.63) is 52.3 Å². The number of rotatable bonds is 3. The second-order valence-electron chi connectivity index (χ2n) is 8.94. The molecule has 2 heterocycles. The van der Waals surface area contributed by atoms with Gasteiger partial charge in [-0.15, -0.1) is 11.3 Å². The molecule has 3 aromatic rings. The molecule has 172 valence electrons. The van der Waals surface area contributed by atoms with E-state index in [2.05, 4.69) is 20.9 Å². The van der Waals surface area contributed by atoms with Crippen molar-refractivity contribution in [3.8, 4) is 0 Å². The molecule has 3 N–H and O–H groups in total. The van der Waals surface area contributed by atoms with Crippen molar-refractivity contribution in [2.45, 2.75) is 32.6 Å². The van der Waals surface area contributed by atoms with Gasteiger partial charge in [0.25, 0.3) is 5.91 Å². The van der Waals surface area contributed by atoms with Crippen molar-refractivity contribution in [3.63, 3.8) is 0 Å². The van der Waals surface area contributed by atoms with E-state index in [-0.39, 0.29) is 29.5 Å². The Bertz CT molecular complexity index is 1210. The monoisotopic (exact) mass is 465 g/mol. The average Bonchev–Trinajstić information content (AvgIpc) is 3.07. The van der Waals surface area contributed by atoms with Crippen LogP contribution in [0.15, 0.2) is 42.5 Å². The fourth-order valence-electron chi connectivity index (χ4n) is 3.58. The fraction of sp³-hybridized carbons (Fsp3) is 0.333. The predicted octanol–water partition coefficient (Wildman–Crippen LogP) is 4.20. The van der Waals surface area contributed by atoms with Crippen LogP contribution in [-0.2, 0) is 10.2 Å². The number of nitrogens with one attached hydrogen (secondary N) is 3. The summed E-state index contributed by atoms with van der Waals surface area (Å²) in [5.74, 6) is -0.0750. The number of anilines is 2. The first-order chi connectivity index (χ1) is 15.7. The number of urea groups is 1. The summed E-state index contributed by atoms with van der Waals surface area (Å²) in [5.41, 5.74) is 0.379. The van der Waals surface area contributed by atoms with E-state index in [1.807, 2.05) is 63.2 Å². The number of benzene rings is 2. The maximum atomic E-state index is 13.3. The van der Waals surface area contributed by atoms with Crippen LogP contribution in [0.2, 0.25) is 0 Å². The van der Waals surface area contributed by atoms with E-state index in [0.717, 1.165) is 15.8 Å². The second kappa shape index (κ2) is 9.19. The number of carbonyl (C=O) groups excluding carboxylic acids is 3. The summed E-state index contributed by atoms with van der Waals surface area (Å²) in [4.78, 5) is 44.5. The molecule has 1 fully saturated rings. The van der Waals surface area contributed by atoms with Gasteiger partial charge in [-0.25, -0.2) is 9.78 Å². The summed E-state index contributed by atoms with van der Waals surface area (Å²) < 4.78 is 0. The van der Waals surface area contributed by atoms with Gasteiger partial charge in [-0.1, -0.05) is 57.2 Å². The lowest BCUT2D eigenvalue weighted by Gasteiger charge is -2.19. The first kappa shape index (κ1) is 22.7. The third kappa shape index (κ3) is 5.14. The molecule has 0 saturated carbocycles. The standard InChI is InChI=1S/C24H27N5O3S/c1-24(2,3)22-27-20(19(33-22)21(31)29-13-11-18(30)25-12-14-29)28-23(32)26-17-10-6-8-15-7-4-5-9-16(15)17/h4-10H,11-14H2,1-3H3,(H,25,30)(H2,26,28,32). The highest BCUT2D eigenvalue weighted by molar-refractivity contribution is 7.14. The molecular weight excluding hydrogens is 438 g/mol. The number of hydrogen-bond acceptors (Lipinski definition) is 5. The summed E-state index contributed by atoms with van der Waals surface area (Å²) in [5, 5.41) is 11.1.